The van der Waals surface area contributed by atoms with Crippen molar-refractivity contribution in [3.63, 3.8) is 0 Å². The number of hydrogen-bond donors (Lipinski definition) is 1. The lowest BCUT2D eigenvalue weighted by molar-refractivity contribution is 0.129. The van der Waals surface area contributed by atoms with Crippen molar-refractivity contribution in [1.82, 2.24) is 15.2 Å². The first-order valence-electron chi connectivity index (χ1n) is 6.76. The summed E-state index contributed by atoms with van der Waals surface area (Å²) in [6.07, 6.45) is 5.41. The van der Waals surface area contributed by atoms with Gasteiger partial charge in [-0.1, -0.05) is 13.3 Å². The Hall–Kier alpha value is -1.00. The quantitative estimate of drug-likeness (QED) is 0.889. The average molecular weight is 251 g/mol. The molecular weight excluding hydrogens is 229 g/mol. The number of aromatic nitrogens is 1. The number of nitrogens with one attached hydrogen (secondary N) is 1. The summed E-state index contributed by atoms with van der Waals surface area (Å²) in [6.45, 7) is 7.25. The molecule has 18 heavy (non-hydrogen) atoms. The molecule has 1 N–H and O–H groups in total. The van der Waals surface area contributed by atoms with Crippen LogP contribution in [0.1, 0.15) is 32.3 Å². The normalized spacial score (nSPS) is 25.3. The monoisotopic (exact) mass is 251 g/mol. The Morgan fingerprint density at radius 3 is 3.06 bits per heavy atom. The van der Waals surface area contributed by atoms with E-state index >= 15 is 0 Å². The molecule has 2 rings (SSSR count). The van der Waals surface area contributed by atoms with Gasteiger partial charge in [-0.25, -0.2) is 4.39 Å². The van der Waals surface area contributed by atoms with E-state index in [0.717, 1.165) is 25.2 Å². The first-order valence-corrected chi connectivity index (χ1v) is 6.76. The number of pyridine rings is 1. The van der Waals surface area contributed by atoms with E-state index in [0.29, 0.717) is 12.1 Å². The van der Waals surface area contributed by atoms with Gasteiger partial charge in [0.15, 0.2) is 0 Å². The van der Waals surface area contributed by atoms with E-state index in [-0.39, 0.29) is 5.82 Å². The zero-order valence-corrected chi connectivity index (χ0v) is 11.2. The fourth-order valence-corrected chi connectivity index (χ4v) is 2.53. The summed E-state index contributed by atoms with van der Waals surface area (Å²) < 4.78 is 13.1. The SMILES string of the molecule is CCCC1CN(Cc2cncc(F)c2)C(C)CN1. The van der Waals surface area contributed by atoms with Gasteiger partial charge in [0.1, 0.15) is 5.82 Å². The van der Waals surface area contributed by atoms with Gasteiger partial charge in [-0.3, -0.25) is 9.88 Å². The zero-order valence-electron chi connectivity index (χ0n) is 11.2. The van der Waals surface area contributed by atoms with Crippen LogP contribution in [0.4, 0.5) is 4.39 Å². The lowest BCUT2D eigenvalue weighted by Crippen LogP contribution is -2.54. The molecule has 0 aliphatic carbocycles. The largest absolute Gasteiger partial charge is 0.311 e. The van der Waals surface area contributed by atoms with Gasteiger partial charge in [0.05, 0.1) is 6.20 Å². The second-order valence-corrected chi connectivity index (χ2v) is 5.18. The van der Waals surface area contributed by atoms with E-state index in [1.807, 2.05) is 0 Å². The van der Waals surface area contributed by atoms with Gasteiger partial charge in [0, 0.05) is 37.9 Å². The zero-order chi connectivity index (χ0) is 13.0. The predicted octanol–water partition coefficient (Wildman–Crippen LogP) is 2.18. The average Bonchev–Trinajstić information content (AvgIpc) is 2.34. The topological polar surface area (TPSA) is 28.2 Å². The van der Waals surface area contributed by atoms with Crippen LogP contribution in [0.5, 0.6) is 0 Å². The van der Waals surface area contributed by atoms with E-state index in [1.165, 1.54) is 19.0 Å². The highest BCUT2D eigenvalue weighted by Gasteiger charge is 2.24. The van der Waals surface area contributed by atoms with E-state index in [4.69, 9.17) is 0 Å². The molecule has 0 amide bonds. The van der Waals surface area contributed by atoms with Gasteiger partial charge in [0.2, 0.25) is 0 Å². The number of rotatable bonds is 4. The smallest absolute Gasteiger partial charge is 0.141 e. The summed E-state index contributed by atoms with van der Waals surface area (Å²) in [5.41, 5.74) is 0.957. The van der Waals surface area contributed by atoms with Crippen molar-refractivity contribution >= 4 is 0 Å². The Morgan fingerprint density at radius 2 is 2.33 bits per heavy atom. The molecule has 0 radical (unpaired) electrons. The van der Waals surface area contributed by atoms with E-state index in [2.05, 4.69) is 29.0 Å². The second kappa shape index (κ2) is 6.25. The molecule has 2 unspecified atom stereocenters. The van der Waals surface area contributed by atoms with Crippen molar-refractivity contribution in [1.29, 1.82) is 0 Å². The molecule has 1 aliphatic heterocycles. The van der Waals surface area contributed by atoms with Crippen LogP contribution in [-0.2, 0) is 6.54 Å². The second-order valence-electron chi connectivity index (χ2n) is 5.18. The van der Waals surface area contributed by atoms with Crippen LogP contribution in [0.2, 0.25) is 0 Å². The summed E-state index contributed by atoms with van der Waals surface area (Å²) in [5.74, 6) is -0.250. The molecule has 0 bridgehead atoms. The number of nitrogens with zero attached hydrogens (tertiary/aromatic N) is 2. The first-order chi connectivity index (χ1) is 8.69. The molecule has 0 spiro atoms. The Balaban J connectivity index is 1.98. The van der Waals surface area contributed by atoms with Crippen LogP contribution in [0.15, 0.2) is 18.5 Å². The van der Waals surface area contributed by atoms with Crippen molar-refractivity contribution < 1.29 is 4.39 Å². The van der Waals surface area contributed by atoms with E-state index in [1.54, 1.807) is 12.3 Å². The van der Waals surface area contributed by atoms with Gasteiger partial charge >= 0.3 is 0 Å². The molecule has 0 saturated carbocycles. The molecule has 4 heteroatoms. The third-order valence-electron chi connectivity index (χ3n) is 3.56. The van der Waals surface area contributed by atoms with Crippen LogP contribution in [0, 0.1) is 5.82 Å². The molecule has 100 valence electrons. The molecular formula is C14H22FN3. The molecule has 1 aromatic heterocycles. The summed E-state index contributed by atoms with van der Waals surface area (Å²) in [4.78, 5) is 6.32. The first kappa shape index (κ1) is 13.4. The van der Waals surface area contributed by atoms with Crippen LogP contribution in [-0.4, -0.2) is 35.1 Å². The van der Waals surface area contributed by atoms with Crippen molar-refractivity contribution in [2.75, 3.05) is 13.1 Å². The minimum Gasteiger partial charge on any atom is -0.311 e. The van der Waals surface area contributed by atoms with E-state index in [9.17, 15) is 4.39 Å². The predicted molar refractivity (Wildman–Crippen MR) is 70.8 cm³/mol. The fraction of sp³-hybridized carbons (Fsp3) is 0.643. The van der Waals surface area contributed by atoms with Crippen molar-refractivity contribution in [3.05, 3.63) is 29.8 Å². The summed E-state index contributed by atoms with van der Waals surface area (Å²) >= 11 is 0. The summed E-state index contributed by atoms with van der Waals surface area (Å²) in [5, 5.41) is 3.57. The highest BCUT2D eigenvalue weighted by molar-refractivity contribution is 5.10. The molecule has 2 heterocycles. The fourth-order valence-electron chi connectivity index (χ4n) is 2.53. The lowest BCUT2D eigenvalue weighted by atomic mass is 10.1. The van der Waals surface area contributed by atoms with Gasteiger partial charge in [0.25, 0.3) is 0 Å². The Morgan fingerprint density at radius 1 is 1.50 bits per heavy atom. The maximum Gasteiger partial charge on any atom is 0.141 e. The summed E-state index contributed by atoms with van der Waals surface area (Å²) in [7, 11) is 0. The molecule has 1 aromatic rings. The molecule has 3 nitrogen and oxygen atoms in total. The molecule has 1 fully saturated rings. The molecule has 1 aliphatic rings. The highest BCUT2D eigenvalue weighted by Crippen LogP contribution is 2.14. The minimum absolute atomic E-state index is 0.250. The maximum absolute atomic E-state index is 13.1. The van der Waals surface area contributed by atoms with Crippen molar-refractivity contribution in [3.8, 4) is 0 Å². The Kier molecular flexibility index (Phi) is 4.66. The Labute approximate surface area is 108 Å². The van der Waals surface area contributed by atoms with Crippen LogP contribution in [0.3, 0.4) is 0 Å². The number of piperazine rings is 1. The maximum atomic E-state index is 13.1. The molecule has 1 saturated heterocycles. The van der Waals surface area contributed by atoms with Gasteiger partial charge < -0.3 is 5.32 Å². The Bertz CT molecular complexity index is 383. The van der Waals surface area contributed by atoms with Gasteiger partial charge in [-0.15, -0.1) is 0 Å². The standard InChI is InChI=1S/C14H22FN3/c1-3-4-14-10-18(11(2)6-17-14)9-12-5-13(15)8-16-7-12/h5,7-8,11,14,17H,3-4,6,9-10H2,1-2H3. The van der Waals surface area contributed by atoms with Crippen molar-refractivity contribution in [2.45, 2.75) is 45.3 Å². The third-order valence-corrected chi connectivity index (χ3v) is 3.56. The lowest BCUT2D eigenvalue weighted by Gasteiger charge is -2.38. The number of halogens is 1. The molecule has 0 aromatic carbocycles. The van der Waals surface area contributed by atoms with Crippen molar-refractivity contribution in [2.24, 2.45) is 0 Å². The summed E-state index contributed by atoms with van der Waals surface area (Å²) in [6, 6.07) is 2.63. The minimum atomic E-state index is -0.250. The van der Waals surface area contributed by atoms with Crippen LogP contribution in [0.25, 0.3) is 0 Å². The highest BCUT2D eigenvalue weighted by atomic mass is 19.1. The van der Waals surface area contributed by atoms with Gasteiger partial charge in [-0.05, 0) is 25.0 Å². The third kappa shape index (κ3) is 3.50. The van der Waals surface area contributed by atoms with Gasteiger partial charge in [-0.2, -0.15) is 0 Å². The molecule has 2 atom stereocenters. The van der Waals surface area contributed by atoms with Crippen LogP contribution >= 0.6 is 0 Å². The van der Waals surface area contributed by atoms with Crippen LogP contribution < -0.4 is 5.32 Å². The van der Waals surface area contributed by atoms with E-state index < -0.39 is 0 Å². The number of hydrogen-bond acceptors (Lipinski definition) is 3.